The molecule has 0 amide bonds. The van der Waals surface area contributed by atoms with Gasteiger partial charge < -0.3 is 30.5 Å². The Bertz CT molecular complexity index is 1070. The average molecular weight is 502 g/mol. The molecule has 186 valence electrons. The van der Waals surface area contributed by atoms with Gasteiger partial charge in [-0.2, -0.15) is 9.97 Å². The lowest BCUT2D eigenvalue weighted by molar-refractivity contribution is -0.192. The summed E-state index contributed by atoms with van der Waals surface area (Å²) in [4.78, 5) is 35.9. The molecule has 5 atom stereocenters. The van der Waals surface area contributed by atoms with Crippen molar-refractivity contribution in [3.63, 3.8) is 0 Å². The fourth-order valence-corrected chi connectivity index (χ4v) is 4.86. The van der Waals surface area contributed by atoms with Crippen LogP contribution >= 0.6 is 11.6 Å². The number of fused-ring (bicyclic) bond motifs is 1. The second kappa shape index (κ2) is 9.56. The molecule has 0 bridgehead atoms. The summed E-state index contributed by atoms with van der Waals surface area (Å²) in [6.07, 6.45) is -1.34. The number of carboxylic acid groups (broad SMARTS) is 2. The number of imidazole rings is 1. The van der Waals surface area contributed by atoms with Crippen LogP contribution in [0, 0.1) is 5.92 Å². The number of carboxylic acids is 2. The van der Waals surface area contributed by atoms with Gasteiger partial charge in [0, 0.05) is 12.8 Å². The molecule has 1 aliphatic carbocycles. The minimum atomic E-state index is -2.54. The van der Waals surface area contributed by atoms with Crippen molar-refractivity contribution in [2.75, 3.05) is 12.3 Å². The highest BCUT2D eigenvalue weighted by atomic mass is 35.5. The number of hydrogen-bond acceptors (Lipinski definition) is 9. The average Bonchev–Trinajstić information content (AvgIpc) is 3.33. The maximum atomic E-state index is 14.9. The standard InChI is InChI=1S/C20H25ClFN5O7/c21-19-25-14(23)13-15(26-19)27(8-24-13)16-12(22)5-11(34-16)7-33-20(17(29)30,18(31)32)6-9-2-1-3-10(28)4-9/h8-12,16,28H,1-7H2,(H,29,30)(H,31,32)(H2,23,25,26)/t9?,10?,11-,12-,16+/m0/s1. The van der Waals surface area contributed by atoms with E-state index in [0.29, 0.717) is 25.7 Å². The molecule has 1 saturated heterocycles. The molecule has 2 aliphatic rings. The fourth-order valence-electron chi connectivity index (χ4n) is 4.69. The number of aliphatic hydroxyl groups excluding tert-OH is 1. The number of aliphatic carboxylic acids is 2. The lowest BCUT2D eigenvalue weighted by Crippen LogP contribution is -2.52. The van der Waals surface area contributed by atoms with Gasteiger partial charge in [0.25, 0.3) is 5.60 Å². The van der Waals surface area contributed by atoms with Gasteiger partial charge in [-0.1, -0.05) is 12.8 Å². The number of aliphatic hydroxyl groups is 1. The number of rotatable bonds is 8. The third-order valence-corrected chi connectivity index (χ3v) is 6.53. The van der Waals surface area contributed by atoms with E-state index in [1.807, 2.05) is 0 Å². The van der Waals surface area contributed by atoms with Crippen LogP contribution in [0.2, 0.25) is 5.28 Å². The van der Waals surface area contributed by atoms with Crippen molar-refractivity contribution in [1.82, 2.24) is 19.5 Å². The van der Waals surface area contributed by atoms with Crippen molar-refractivity contribution >= 4 is 40.5 Å². The topological polar surface area (TPSA) is 183 Å². The van der Waals surface area contributed by atoms with E-state index in [1.165, 1.54) is 10.9 Å². The Labute approximate surface area is 197 Å². The number of nitrogens with two attached hydrogens (primary N) is 1. The van der Waals surface area contributed by atoms with E-state index in [9.17, 15) is 29.3 Å². The van der Waals surface area contributed by atoms with Crippen molar-refractivity contribution in [2.24, 2.45) is 5.92 Å². The van der Waals surface area contributed by atoms with E-state index >= 15 is 0 Å². The van der Waals surface area contributed by atoms with Gasteiger partial charge >= 0.3 is 11.9 Å². The SMILES string of the molecule is Nc1nc(Cl)nc2c1ncn2[C@@H]1O[C@H](COC(CC2CCCC(O)C2)(C(=O)O)C(=O)O)C[C@@H]1F. The molecule has 1 saturated carbocycles. The number of alkyl halides is 1. The van der Waals surface area contributed by atoms with Crippen LogP contribution in [0.5, 0.6) is 0 Å². The molecule has 0 spiro atoms. The number of nitrogen functional groups attached to an aromatic ring is 1. The molecule has 2 unspecified atom stereocenters. The number of anilines is 1. The van der Waals surface area contributed by atoms with Gasteiger partial charge in [-0.05, 0) is 30.4 Å². The zero-order chi connectivity index (χ0) is 24.6. The second-order valence-corrected chi connectivity index (χ2v) is 9.08. The summed E-state index contributed by atoms with van der Waals surface area (Å²) in [6.45, 7) is -0.463. The van der Waals surface area contributed by atoms with E-state index in [-0.39, 0.29) is 41.0 Å². The van der Waals surface area contributed by atoms with Crippen LogP contribution < -0.4 is 5.73 Å². The number of aromatic nitrogens is 4. The van der Waals surface area contributed by atoms with E-state index in [0.717, 1.165) is 0 Å². The van der Waals surface area contributed by atoms with Gasteiger partial charge in [0.1, 0.15) is 11.7 Å². The van der Waals surface area contributed by atoms with Gasteiger partial charge in [0.2, 0.25) is 5.28 Å². The number of halogens is 2. The number of hydrogen-bond donors (Lipinski definition) is 4. The van der Waals surface area contributed by atoms with Crippen LogP contribution in [-0.2, 0) is 19.1 Å². The summed E-state index contributed by atoms with van der Waals surface area (Å²) >= 11 is 5.85. The molecular formula is C20H25ClFN5O7. The Balaban J connectivity index is 1.49. The highest BCUT2D eigenvalue weighted by molar-refractivity contribution is 6.28. The third kappa shape index (κ3) is 4.65. The van der Waals surface area contributed by atoms with Crippen LogP contribution in [0.25, 0.3) is 11.2 Å². The number of nitrogens with zero attached hydrogens (tertiary/aromatic N) is 4. The molecule has 3 heterocycles. The maximum Gasteiger partial charge on any atom is 0.347 e. The molecule has 2 aromatic rings. The van der Waals surface area contributed by atoms with Crippen molar-refractivity contribution in [3.8, 4) is 0 Å². The van der Waals surface area contributed by atoms with Crippen molar-refractivity contribution in [3.05, 3.63) is 11.6 Å². The zero-order valence-corrected chi connectivity index (χ0v) is 18.8. The van der Waals surface area contributed by atoms with Gasteiger partial charge in [0.15, 0.2) is 17.7 Å². The first-order valence-electron chi connectivity index (χ1n) is 10.8. The summed E-state index contributed by atoms with van der Waals surface area (Å²) in [7, 11) is 0. The Kier molecular flexibility index (Phi) is 6.90. The lowest BCUT2D eigenvalue weighted by atomic mass is 9.79. The van der Waals surface area contributed by atoms with Crippen molar-refractivity contribution in [1.29, 1.82) is 0 Å². The molecule has 0 aromatic carbocycles. The Morgan fingerprint density at radius 1 is 1.29 bits per heavy atom. The monoisotopic (exact) mass is 501 g/mol. The first-order valence-corrected chi connectivity index (χ1v) is 11.2. The first kappa shape index (κ1) is 24.5. The van der Waals surface area contributed by atoms with Crippen LogP contribution in [0.15, 0.2) is 6.33 Å². The molecule has 0 radical (unpaired) electrons. The van der Waals surface area contributed by atoms with Crippen molar-refractivity contribution < 1.29 is 38.8 Å². The Morgan fingerprint density at radius 2 is 2.03 bits per heavy atom. The molecule has 2 fully saturated rings. The van der Waals surface area contributed by atoms with Gasteiger partial charge in [-0.25, -0.2) is 19.0 Å². The molecule has 4 rings (SSSR count). The molecule has 1 aliphatic heterocycles. The maximum absolute atomic E-state index is 14.9. The first-order chi connectivity index (χ1) is 16.1. The molecule has 12 nitrogen and oxygen atoms in total. The molecule has 5 N–H and O–H groups in total. The number of carbonyl (C=O) groups is 2. The fraction of sp³-hybridized carbons (Fsp3) is 0.650. The highest BCUT2D eigenvalue weighted by Gasteiger charge is 2.51. The molecule has 34 heavy (non-hydrogen) atoms. The van der Waals surface area contributed by atoms with E-state index in [4.69, 9.17) is 26.8 Å². The largest absolute Gasteiger partial charge is 0.479 e. The predicted octanol–water partition coefficient (Wildman–Crippen LogP) is 1.55. The van der Waals surface area contributed by atoms with Crippen molar-refractivity contribution in [2.45, 2.75) is 68.7 Å². The lowest BCUT2D eigenvalue weighted by Gasteiger charge is -2.33. The summed E-state index contributed by atoms with van der Waals surface area (Å²) in [5, 5.41) is 29.2. The zero-order valence-electron chi connectivity index (χ0n) is 18.0. The smallest absolute Gasteiger partial charge is 0.347 e. The van der Waals surface area contributed by atoms with Crippen LogP contribution in [0.4, 0.5) is 10.2 Å². The van der Waals surface area contributed by atoms with E-state index < -0.39 is 48.8 Å². The minimum Gasteiger partial charge on any atom is -0.479 e. The summed E-state index contributed by atoms with van der Waals surface area (Å²) < 4.78 is 27.4. The minimum absolute atomic E-state index is 0.0163. The van der Waals surface area contributed by atoms with Crippen LogP contribution in [0.3, 0.4) is 0 Å². The van der Waals surface area contributed by atoms with Gasteiger partial charge in [-0.3, -0.25) is 4.57 Å². The normalized spacial score (nSPS) is 27.8. The predicted molar refractivity (Wildman–Crippen MR) is 115 cm³/mol. The van der Waals surface area contributed by atoms with E-state index in [1.54, 1.807) is 0 Å². The summed E-state index contributed by atoms with van der Waals surface area (Å²) in [5.41, 5.74) is 3.61. The van der Waals surface area contributed by atoms with Gasteiger partial charge in [0.05, 0.1) is 25.1 Å². The van der Waals surface area contributed by atoms with Crippen LogP contribution in [-0.4, -0.2) is 77.4 Å². The number of ether oxygens (including phenoxy) is 2. The summed E-state index contributed by atoms with van der Waals surface area (Å²) in [6, 6.07) is 0. The quantitative estimate of drug-likeness (QED) is 0.304. The summed E-state index contributed by atoms with van der Waals surface area (Å²) in [5.74, 6) is -3.64. The second-order valence-electron chi connectivity index (χ2n) is 8.74. The molecule has 2 aromatic heterocycles. The third-order valence-electron chi connectivity index (χ3n) is 6.36. The highest BCUT2D eigenvalue weighted by Crippen LogP contribution is 2.37. The molecule has 14 heteroatoms. The molecular weight excluding hydrogens is 477 g/mol. The van der Waals surface area contributed by atoms with Gasteiger partial charge in [-0.15, -0.1) is 0 Å². The Hall–Kier alpha value is -2.61. The Morgan fingerprint density at radius 3 is 2.71 bits per heavy atom. The van der Waals surface area contributed by atoms with E-state index in [2.05, 4.69) is 15.0 Å². The van der Waals surface area contributed by atoms with Crippen LogP contribution in [0.1, 0.15) is 44.8 Å².